The van der Waals surface area contributed by atoms with Crippen LogP contribution in [-0.2, 0) is 6.42 Å². The maximum atomic E-state index is 13.4. The smallest absolute Gasteiger partial charge is 0.320 e. The van der Waals surface area contributed by atoms with E-state index in [0.717, 1.165) is 49.5 Å². The van der Waals surface area contributed by atoms with Gasteiger partial charge in [-0.05, 0) is 56.2 Å². The molecule has 2 aromatic carbocycles. The molecule has 1 saturated carbocycles. The second-order valence-electron chi connectivity index (χ2n) is 10.0. The van der Waals surface area contributed by atoms with Crippen LogP contribution in [0.1, 0.15) is 37.7 Å². The van der Waals surface area contributed by atoms with Gasteiger partial charge in [0.1, 0.15) is 0 Å². The van der Waals surface area contributed by atoms with E-state index in [0.29, 0.717) is 26.1 Å². The van der Waals surface area contributed by atoms with Crippen molar-refractivity contribution in [3.05, 3.63) is 54.1 Å². The molecule has 2 heterocycles. The van der Waals surface area contributed by atoms with Crippen LogP contribution >= 0.6 is 0 Å². The van der Waals surface area contributed by atoms with Gasteiger partial charge in [-0.15, -0.1) is 0 Å². The summed E-state index contributed by atoms with van der Waals surface area (Å²) >= 11 is 0. The largest absolute Gasteiger partial charge is 0.493 e. The van der Waals surface area contributed by atoms with Crippen LogP contribution in [0.3, 0.4) is 0 Å². The molecule has 7 heteroatoms. The van der Waals surface area contributed by atoms with Gasteiger partial charge in [-0.2, -0.15) is 0 Å². The molecule has 7 nitrogen and oxygen atoms in total. The number of nitrogens with zero attached hydrogens (tertiary/aromatic N) is 3. The van der Waals surface area contributed by atoms with Crippen LogP contribution < -0.4 is 14.4 Å². The Labute approximate surface area is 208 Å². The molecule has 1 aliphatic carbocycles. The first-order valence-corrected chi connectivity index (χ1v) is 13.0. The molecule has 0 spiro atoms. The molecule has 3 fully saturated rings. The van der Waals surface area contributed by atoms with Crippen LogP contribution in [0, 0.1) is 0 Å². The second-order valence-corrected chi connectivity index (χ2v) is 10.0. The molecule has 0 aromatic heterocycles. The predicted octanol–water partition coefficient (Wildman–Crippen LogP) is 3.94. The van der Waals surface area contributed by atoms with Crippen molar-refractivity contribution in [3.8, 4) is 11.5 Å². The van der Waals surface area contributed by atoms with Crippen LogP contribution in [0.4, 0.5) is 10.5 Å². The molecule has 2 atom stereocenters. The van der Waals surface area contributed by atoms with Crippen LogP contribution in [0.15, 0.2) is 48.5 Å². The summed E-state index contributed by atoms with van der Waals surface area (Å²) < 4.78 is 11.9. The summed E-state index contributed by atoms with van der Waals surface area (Å²) in [4.78, 5) is 19.6. The Kier molecular flexibility index (Phi) is 7.32. The summed E-state index contributed by atoms with van der Waals surface area (Å²) in [6, 6.07) is 16.6. The van der Waals surface area contributed by atoms with Crippen molar-refractivity contribution in [1.29, 1.82) is 0 Å². The summed E-state index contributed by atoms with van der Waals surface area (Å²) in [6.07, 6.45) is 5.93. The number of aliphatic hydroxyl groups is 1. The van der Waals surface area contributed by atoms with Crippen molar-refractivity contribution in [2.45, 2.75) is 56.8 Å². The van der Waals surface area contributed by atoms with Crippen LogP contribution in [0.5, 0.6) is 11.5 Å². The molecule has 2 unspecified atom stereocenters. The normalized spacial score (nSPS) is 23.1. The summed E-state index contributed by atoms with van der Waals surface area (Å²) in [6.45, 7) is 3.19. The van der Waals surface area contributed by atoms with Crippen LogP contribution in [0.25, 0.3) is 0 Å². The zero-order valence-electron chi connectivity index (χ0n) is 20.6. The molecule has 2 aliphatic heterocycles. The highest BCUT2D eigenvalue weighted by molar-refractivity contribution is 5.76. The van der Waals surface area contributed by atoms with E-state index < -0.39 is 6.10 Å². The number of amides is 2. The van der Waals surface area contributed by atoms with E-state index in [1.807, 2.05) is 17.0 Å². The standard InChI is InChI=1S/C28H37N3O4/c1-34-26-12-11-22(18-27(26)35-25-9-5-6-10-25)29-15-16-31(28(33)30-14-13-24(32)20-30)23(19-29)17-21-7-3-2-4-8-21/h2-4,7-8,11-12,18,23-25,32H,5-6,9-10,13-17,19-20H2,1H3. The summed E-state index contributed by atoms with van der Waals surface area (Å²) in [7, 11) is 1.69. The zero-order chi connectivity index (χ0) is 24.2. The highest BCUT2D eigenvalue weighted by atomic mass is 16.5. The van der Waals surface area contributed by atoms with Gasteiger partial charge in [0.2, 0.25) is 0 Å². The molecule has 188 valence electrons. The minimum Gasteiger partial charge on any atom is -0.493 e. The van der Waals surface area contributed by atoms with Crippen LogP contribution in [-0.4, -0.2) is 79.0 Å². The molecular weight excluding hydrogens is 442 g/mol. The number of hydrogen-bond donors (Lipinski definition) is 1. The SMILES string of the molecule is COc1ccc(N2CCN(C(=O)N3CCC(O)C3)C(Cc3ccccc3)C2)cc1OC1CCCC1. The molecule has 0 bridgehead atoms. The van der Waals surface area contributed by atoms with E-state index in [1.54, 1.807) is 12.0 Å². The van der Waals surface area contributed by atoms with Gasteiger partial charge in [0.05, 0.1) is 25.4 Å². The third-order valence-electron chi connectivity index (χ3n) is 7.58. The molecule has 35 heavy (non-hydrogen) atoms. The number of anilines is 1. The number of hydrogen-bond acceptors (Lipinski definition) is 5. The number of methoxy groups -OCH3 is 1. The van der Waals surface area contributed by atoms with Gasteiger partial charge in [0.15, 0.2) is 11.5 Å². The Hall–Kier alpha value is -2.93. The molecule has 1 N–H and O–H groups in total. The third-order valence-corrected chi connectivity index (χ3v) is 7.58. The maximum absolute atomic E-state index is 13.4. The summed E-state index contributed by atoms with van der Waals surface area (Å²) in [5.41, 5.74) is 2.32. The van der Waals surface area contributed by atoms with Gasteiger partial charge in [-0.1, -0.05) is 30.3 Å². The lowest BCUT2D eigenvalue weighted by Crippen LogP contribution is -2.59. The molecule has 3 aliphatic rings. The summed E-state index contributed by atoms with van der Waals surface area (Å²) in [5, 5.41) is 9.97. The first-order chi connectivity index (χ1) is 17.1. The lowest BCUT2D eigenvalue weighted by atomic mass is 10.0. The van der Waals surface area contributed by atoms with E-state index in [9.17, 15) is 9.90 Å². The fourth-order valence-electron chi connectivity index (χ4n) is 5.64. The van der Waals surface area contributed by atoms with Gasteiger partial charge in [-0.3, -0.25) is 0 Å². The van der Waals surface area contributed by atoms with Crippen molar-refractivity contribution in [1.82, 2.24) is 9.80 Å². The van der Waals surface area contributed by atoms with Gasteiger partial charge < -0.3 is 29.3 Å². The number of carbonyl (C=O) groups excluding carboxylic acids is 1. The topological polar surface area (TPSA) is 65.5 Å². The van der Waals surface area contributed by atoms with Gasteiger partial charge in [-0.25, -0.2) is 4.79 Å². The molecule has 2 aromatic rings. The van der Waals surface area contributed by atoms with Crippen molar-refractivity contribution in [2.75, 3.05) is 44.7 Å². The van der Waals surface area contributed by atoms with E-state index in [-0.39, 0.29) is 18.2 Å². The predicted molar refractivity (Wildman–Crippen MR) is 136 cm³/mol. The van der Waals surface area contributed by atoms with Crippen molar-refractivity contribution >= 4 is 11.7 Å². The van der Waals surface area contributed by atoms with Gasteiger partial charge in [0, 0.05) is 44.5 Å². The van der Waals surface area contributed by atoms with E-state index >= 15 is 0 Å². The average molecular weight is 480 g/mol. The van der Waals surface area contributed by atoms with Gasteiger partial charge in [0.25, 0.3) is 0 Å². The Morgan fingerprint density at radius 2 is 1.77 bits per heavy atom. The third kappa shape index (κ3) is 5.50. The number of ether oxygens (including phenoxy) is 2. The average Bonchev–Trinajstić information content (AvgIpc) is 3.56. The number of piperazine rings is 1. The number of likely N-dealkylation sites (tertiary alicyclic amines) is 1. The van der Waals surface area contributed by atoms with Crippen LogP contribution in [0.2, 0.25) is 0 Å². The number of aliphatic hydroxyl groups excluding tert-OH is 1. The number of carbonyl (C=O) groups is 1. The number of β-amino-alcohol motifs (C(OH)–C–C–N with tert-alkyl or cyclic N) is 1. The van der Waals surface area contributed by atoms with Gasteiger partial charge >= 0.3 is 6.03 Å². The molecule has 5 rings (SSSR count). The monoisotopic (exact) mass is 479 g/mol. The summed E-state index contributed by atoms with van der Waals surface area (Å²) in [5.74, 6) is 1.57. The quantitative estimate of drug-likeness (QED) is 0.680. The van der Waals surface area contributed by atoms with Crippen molar-refractivity contribution in [2.24, 2.45) is 0 Å². The lowest BCUT2D eigenvalue weighted by Gasteiger charge is -2.44. The highest BCUT2D eigenvalue weighted by Crippen LogP contribution is 2.36. The molecular formula is C28H37N3O4. The minimum atomic E-state index is -0.412. The maximum Gasteiger partial charge on any atom is 0.320 e. The molecule has 2 amide bonds. The number of rotatable bonds is 6. The minimum absolute atomic E-state index is 0.0395. The fourth-order valence-corrected chi connectivity index (χ4v) is 5.64. The zero-order valence-corrected chi connectivity index (χ0v) is 20.6. The van der Waals surface area contributed by atoms with E-state index in [4.69, 9.17) is 9.47 Å². The Bertz CT molecular complexity index is 995. The van der Waals surface area contributed by atoms with Crippen molar-refractivity contribution < 1.29 is 19.4 Å². The first kappa shape index (κ1) is 23.8. The van der Waals surface area contributed by atoms with E-state index in [1.165, 1.54) is 18.4 Å². The van der Waals surface area contributed by atoms with E-state index in [2.05, 4.69) is 41.3 Å². The number of benzene rings is 2. The first-order valence-electron chi connectivity index (χ1n) is 13.0. The molecule has 2 saturated heterocycles. The highest BCUT2D eigenvalue weighted by Gasteiger charge is 2.35. The van der Waals surface area contributed by atoms with Crippen molar-refractivity contribution in [3.63, 3.8) is 0 Å². The Morgan fingerprint density at radius 3 is 2.49 bits per heavy atom. The number of urea groups is 1. The Morgan fingerprint density at radius 1 is 0.971 bits per heavy atom. The molecule has 0 radical (unpaired) electrons. The fraction of sp³-hybridized carbons (Fsp3) is 0.536. The Balaban J connectivity index is 1.35. The lowest BCUT2D eigenvalue weighted by molar-refractivity contribution is 0.124. The second kappa shape index (κ2) is 10.8.